The van der Waals surface area contributed by atoms with Crippen molar-refractivity contribution in [2.24, 2.45) is 34.5 Å². The summed E-state index contributed by atoms with van der Waals surface area (Å²) in [5.41, 5.74) is 2.32. The number of methoxy groups -OCH3 is 1. The molecule has 1 N–H and O–H groups in total. The minimum atomic E-state index is 0.426. The van der Waals surface area contributed by atoms with Crippen molar-refractivity contribution in [3.63, 3.8) is 0 Å². The Bertz CT molecular complexity index is 729. The quantitative estimate of drug-likeness (QED) is 0.630. The van der Waals surface area contributed by atoms with Crippen LogP contribution in [0.15, 0.2) is 24.3 Å². The van der Waals surface area contributed by atoms with E-state index in [2.05, 4.69) is 19.9 Å². The average Bonchev–Trinajstić information content (AvgIpc) is 3.03. The molecule has 4 saturated carbocycles. The molecule has 4 fully saturated rings. The van der Waals surface area contributed by atoms with E-state index >= 15 is 0 Å². The van der Waals surface area contributed by atoms with Crippen molar-refractivity contribution in [2.75, 3.05) is 7.11 Å². The number of hydrogen-bond donors (Lipinski definition) is 1. The van der Waals surface area contributed by atoms with Crippen molar-refractivity contribution < 1.29 is 9.84 Å². The van der Waals surface area contributed by atoms with Crippen LogP contribution >= 0.6 is 0 Å². The summed E-state index contributed by atoms with van der Waals surface area (Å²) < 4.78 is 5.95. The molecule has 0 radical (unpaired) electrons. The number of benzene rings is 1. The van der Waals surface area contributed by atoms with E-state index < -0.39 is 0 Å². The topological polar surface area (TPSA) is 29.5 Å². The Kier molecular flexibility index (Phi) is 4.58. The Hall–Kier alpha value is -1.02. The van der Waals surface area contributed by atoms with Gasteiger partial charge >= 0.3 is 0 Å². The van der Waals surface area contributed by atoms with E-state index in [9.17, 15) is 5.11 Å². The molecule has 0 aromatic heterocycles. The highest BCUT2D eigenvalue weighted by Crippen LogP contribution is 2.67. The fraction of sp³-hybridized carbons (Fsp3) is 0.769. The molecule has 5 rings (SSSR count). The Labute approximate surface area is 171 Å². The van der Waals surface area contributed by atoms with Gasteiger partial charge in [-0.05, 0) is 116 Å². The third-order valence-electron chi connectivity index (χ3n) is 10.2. The van der Waals surface area contributed by atoms with Crippen LogP contribution in [0.2, 0.25) is 0 Å². The zero-order valence-electron chi connectivity index (χ0n) is 18.0. The first kappa shape index (κ1) is 19.0. The second-order valence-electron chi connectivity index (χ2n) is 11.1. The molecule has 28 heavy (non-hydrogen) atoms. The highest BCUT2D eigenvalue weighted by molar-refractivity contribution is 5.30. The second kappa shape index (κ2) is 6.76. The molecule has 0 amide bonds. The zero-order chi connectivity index (χ0) is 19.5. The monoisotopic (exact) mass is 382 g/mol. The molecular formula is C26H38O2. The summed E-state index contributed by atoms with van der Waals surface area (Å²) in [5.74, 6) is 4.66. The molecule has 2 heteroatoms. The van der Waals surface area contributed by atoms with Gasteiger partial charge in [-0.25, -0.2) is 0 Å². The van der Waals surface area contributed by atoms with Gasteiger partial charge in [-0.1, -0.05) is 26.0 Å². The second-order valence-corrected chi connectivity index (χ2v) is 11.1. The molecule has 8 atom stereocenters. The number of fused-ring (bicyclic) bond motifs is 5. The van der Waals surface area contributed by atoms with Crippen LogP contribution in [0, 0.1) is 34.5 Å². The number of hydrogen-bond acceptors (Lipinski definition) is 2. The molecule has 0 spiro atoms. The minimum Gasteiger partial charge on any atom is -0.508 e. The minimum absolute atomic E-state index is 0.426. The van der Waals surface area contributed by atoms with Gasteiger partial charge in [0.25, 0.3) is 0 Å². The van der Waals surface area contributed by atoms with Gasteiger partial charge in [0, 0.05) is 7.11 Å². The molecule has 0 bridgehead atoms. The smallest absolute Gasteiger partial charge is 0.115 e. The van der Waals surface area contributed by atoms with Crippen molar-refractivity contribution in [3.05, 3.63) is 29.8 Å². The maximum atomic E-state index is 9.92. The molecule has 0 saturated heterocycles. The standard InChI is InChI=1S/C26H38O2/c1-25-13-11-18(17-5-4-6-20(27)16-17)15-19(25)7-8-21-22-9-10-24(28-3)26(22,2)14-12-23(21)25/h4-6,16,18-19,21-24,27H,7-15H2,1-3H3/t18?,19?,21-,22-,23+,24?,25-,26-/m0/s1. The van der Waals surface area contributed by atoms with Crippen LogP contribution in [-0.4, -0.2) is 18.3 Å². The molecule has 4 aliphatic carbocycles. The van der Waals surface area contributed by atoms with Crippen molar-refractivity contribution >= 4 is 0 Å². The van der Waals surface area contributed by atoms with Crippen LogP contribution in [0.5, 0.6) is 5.75 Å². The van der Waals surface area contributed by atoms with E-state index in [0.717, 1.165) is 23.7 Å². The van der Waals surface area contributed by atoms with E-state index in [1.165, 1.54) is 63.4 Å². The van der Waals surface area contributed by atoms with Gasteiger partial charge in [0.1, 0.15) is 5.75 Å². The Morgan fingerprint density at radius 3 is 2.50 bits per heavy atom. The van der Waals surface area contributed by atoms with E-state index in [-0.39, 0.29) is 0 Å². The van der Waals surface area contributed by atoms with Crippen molar-refractivity contribution in [1.29, 1.82) is 0 Å². The summed E-state index contributed by atoms with van der Waals surface area (Å²) in [6.07, 6.45) is 12.8. The summed E-state index contributed by atoms with van der Waals surface area (Å²) >= 11 is 0. The van der Waals surface area contributed by atoms with Gasteiger partial charge in [0.05, 0.1) is 6.10 Å². The van der Waals surface area contributed by atoms with Crippen molar-refractivity contribution in [2.45, 2.75) is 83.7 Å². The average molecular weight is 383 g/mol. The highest BCUT2D eigenvalue weighted by atomic mass is 16.5. The van der Waals surface area contributed by atoms with Crippen LogP contribution in [0.4, 0.5) is 0 Å². The predicted molar refractivity (Wildman–Crippen MR) is 113 cm³/mol. The van der Waals surface area contributed by atoms with Gasteiger partial charge in [0.2, 0.25) is 0 Å². The lowest BCUT2D eigenvalue weighted by atomic mass is 9.44. The molecule has 154 valence electrons. The maximum Gasteiger partial charge on any atom is 0.115 e. The van der Waals surface area contributed by atoms with Crippen LogP contribution < -0.4 is 0 Å². The number of aromatic hydroxyl groups is 1. The summed E-state index contributed by atoms with van der Waals surface area (Å²) in [5, 5.41) is 9.92. The molecule has 3 unspecified atom stereocenters. The van der Waals surface area contributed by atoms with Crippen LogP contribution in [0.3, 0.4) is 0 Å². The normalized spacial score (nSPS) is 47.8. The number of ether oxygens (including phenoxy) is 1. The van der Waals surface area contributed by atoms with Crippen molar-refractivity contribution in [1.82, 2.24) is 0 Å². The summed E-state index contributed by atoms with van der Waals surface area (Å²) in [4.78, 5) is 0. The number of phenolic OH excluding ortho intramolecular Hbond substituents is 1. The van der Waals surface area contributed by atoms with E-state index in [4.69, 9.17) is 4.74 Å². The highest BCUT2D eigenvalue weighted by Gasteiger charge is 2.60. The largest absolute Gasteiger partial charge is 0.508 e. The SMILES string of the molecule is COC1CC[C@H]2[C@@H]3CCC4CC(c5cccc(O)c5)CC[C@]4(C)[C@@H]3CC[C@]12C. The lowest BCUT2D eigenvalue weighted by molar-refractivity contribution is -0.127. The Balaban J connectivity index is 1.36. The molecule has 0 heterocycles. The molecular weight excluding hydrogens is 344 g/mol. The van der Waals surface area contributed by atoms with Gasteiger partial charge in [-0.2, -0.15) is 0 Å². The van der Waals surface area contributed by atoms with Gasteiger partial charge < -0.3 is 9.84 Å². The molecule has 0 aliphatic heterocycles. The lowest BCUT2D eigenvalue weighted by Gasteiger charge is -2.61. The Morgan fingerprint density at radius 2 is 1.71 bits per heavy atom. The van der Waals surface area contributed by atoms with Gasteiger partial charge in [-0.15, -0.1) is 0 Å². The zero-order valence-corrected chi connectivity index (χ0v) is 18.0. The van der Waals surface area contributed by atoms with Crippen LogP contribution in [-0.2, 0) is 4.74 Å². The maximum absolute atomic E-state index is 9.92. The number of rotatable bonds is 2. The van der Waals surface area contributed by atoms with Gasteiger partial charge in [-0.3, -0.25) is 0 Å². The van der Waals surface area contributed by atoms with Crippen LogP contribution in [0.25, 0.3) is 0 Å². The molecule has 1 aromatic rings. The Morgan fingerprint density at radius 1 is 0.929 bits per heavy atom. The summed E-state index contributed by atoms with van der Waals surface area (Å²) in [7, 11) is 1.94. The van der Waals surface area contributed by atoms with Crippen LogP contribution in [0.1, 0.15) is 83.1 Å². The third kappa shape index (κ3) is 2.70. The number of phenols is 1. The van der Waals surface area contributed by atoms with E-state index in [1.807, 2.05) is 19.2 Å². The first-order chi connectivity index (χ1) is 13.5. The van der Waals surface area contributed by atoms with E-state index in [0.29, 0.717) is 28.6 Å². The van der Waals surface area contributed by atoms with E-state index in [1.54, 1.807) is 6.07 Å². The fourth-order valence-corrected chi connectivity index (χ4v) is 8.68. The van der Waals surface area contributed by atoms with Gasteiger partial charge in [0.15, 0.2) is 0 Å². The predicted octanol–water partition coefficient (Wildman–Crippen LogP) is 6.53. The summed E-state index contributed by atoms with van der Waals surface area (Å²) in [6.45, 7) is 5.20. The lowest BCUT2D eigenvalue weighted by Crippen LogP contribution is -2.54. The fourth-order valence-electron chi connectivity index (χ4n) is 8.68. The molecule has 4 aliphatic rings. The summed E-state index contributed by atoms with van der Waals surface area (Å²) in [6, 6.07) is 8.06. The molecule has 2 nitrogen and oxygen atoms in total. The first-order valence-corrected chi connectivity index (χ1v) is 11.8. The first-order valence-electron chi connectivity index (χ1n) is 11.8. The molecule has 1 aromatic carbocycles. The van der Waals surface area contributed by atoms with Crippen molar-refractivity contribution in [3.8, 4) is 5.75 Å². The third-order valence-corrected chi connectivity index (χ3v) is 10.2.